The van der Waals surface area contributed by atoms with Gasteiger partial charge in [0.1, 0.15) is 18.2 Å². The van der Waals surface area contributed by atoms with Crippen molar-refractivity contribution in [2.75, 3.05) is 5.43 Å². The molecule has 0 saturated carbocycles. The molecule has 1 atom stereocenters. The van der Waals surface area contributed by atoms with Gasteiger partial charge in [0.15, 0.2) is 0 Å². The Kier molecular flexibility index (Phi) is 4.30. The maximum atomic E-state index is 5.92. The fourth-order valence-electron chi connectivity index (χ4n) is 1.90. The Balaban J connectivity index is 2.24. The Bertz CT molecular complexity index is 530. The zero-order chi connectivity index (χ0) is 13.7. The number of hydrogen-bond acceptors (Lipinski definition) is 5. The van der Waals surface area contributed by atoms with E-state index in [0.29, 0.717) is 11.7 Å². The van der Waals surface area contributed by atoms with Crippen LogP contribution in [0.5, 0.6) is 5.88 Å². The molecule has 2 aromatic rings. The Morgan fingerprint density at radius 3 is 2.63 bits per heavy atom. The summed E-state index contributed by atoms with van der Waals surface area (Å²) >= 11 is 0. The Labute approximate surface area is 112 Å². The third-order valence-electron chi connectivity index (χ3n) is 2.95. The van der Waals surface area contributed by atoms with Crippen molar-refractivity contribution in [3.63, 3.8) is 0 Å². The van der Waals surface area contributed by atoms with Gasteiger partial charge in [-0.25, -0.2) is 15.8 Å². The molecule has 0 bridgehead atoms. The van der Waals surface area contributed by atoms with Crippen LogP contribution in [0, 0.1) is 0 Å². The van der Waals surface area contributed by atoms with Gasteiger partial charge in [0.25, 0.3) is 0 Å². The van der Waals surface area contributed by atoms with E-state index in [4.69, 9.17) is 10.6 Å². The highest BCUT2D eigenvalue weighted by Crippen LogP contribution is 2.26. The molecular weight excluding hydrogens is 240 g/mol. The number of ether oxygens (including phenoxy) is 1. The first-order chi connectivity index (χ1) is 9.26. The highest BCUT2D eigenvalue weighted by atomic mass is 16.5. The van der Waals surface area contributed by atoms with Gasteiger partial charge in [-0.1, -0.05) is 37.3 Å². The lowest BCUT2D eigenvalue weighted by atomic mass is 10.1. The van der Waals surface area contributed by atoms with Gasteiger partial charge in [-0.05, 0) is 18.9 Å². The second-order valence-electron chi connectivity index (χ2n) is 4.17. The summed E-state index contributed by atoms with van der Waals surface area (Å²) in [5.74, 6) is 6.62. The highest BCUT2D eigenvalue weighted by molar-refractivity contribution is 5.47. The van der Waals surface area contributed by atoms with Crippen molar-refractivity contribution < 1.29 is 4.74 Å². The molecule has 1 heterocycles. The molecular formula is C14H18N4O. The van der Waals surface area contributed by atoms with Crippen molar-refractivity contribution in [3.05, 3.63) is 47.8 Å². The molecule has 1 unspecified atom stereocenters. The molecule has 5 nitrogen and oxygen atoms in total. The number of nitrogen functional groups attached to an aromatic ring is 1. The van der Waals surface area contributed by atoms with Crippen LogP contribution in [0.3, 0.4) is 0 Å². The summed E-state index contributed by atoms with van der Waals surface area (Å²) in [6, 6.07) is 10.0. The molecule has 0 aliphatic heterocycles. The van der Waals surface area contributed by atoms with Gasteiger partial charge in [-0.3, -0.25) is 0 Å². The molecule has 0 amide bonds. The summed E-state index contributed by atoms with van der Waals surface area (Å²) in [5.41, 5.74) is 4.55. The SMILES string of the molecule is CCc1c(NN)ncnc1OC(C)c1ccccc1. The van der Waals surface area contributed by atoms with Crippen LogP contribution in [-0.4, -0.2) is 9.97 Å². The largest absolute Gasteiger partial charge is 0.469 e. The summed E-state index contributed by atoms with van der Waals surface area (Å²) in [7, 11) is 0. The molecule has 0 spiro atoms. The monoisotopic (exact) mass is 258 g/mol. The minimum atomic E-state index is -0.0768. The molecule has 0 aliphatic rings. The zero-order valence-corrected chi connectivity index (χ0v) is 11.1. The van der Waals surface area contributed by atoms with Crippen LogP contribution >= 0.6 is 0 Å². The molecule has 1 aromatic heterocycles. The van der Waals surface area contributed by atoms with E-state index in [0.717, 1.165) is 17.5 Å². The fraction of sp³-hybridized carbons (Fsp3) is 0.286. The van der Waals surface area contributed by atoms with Gasteiger partial charge in [-0.2, -0.15) is 0 Å². The summed E-state index contributed by atoms with van der Waals surface area (Å²) in [5, 5.41) is 0. The first-order valence-electron chi connectivity index (χ1n) is 6.28. The average Bonchev–Trinajstić information content (AvgIpc) is 2.47. The second-order valence-corrected chi connectivity index (χ2v) is 4.17. The number of benzene rings is 1. The molecule has 1 aromatic carbocycles. The lowest BCUT2D eigenvalue weighted by Crippen LogP contribution is -2.13. The van der Waals surface area contributed by atoms with Crippen LogP contribution in [0.15, 0.2) is 36.7 Å². The van der Waals surface area contributed by atoms with Gasteiger partial charge in [0.2, 0.25) is 5.88 Å². The van der Waals surface area contributed by atoms with Crippen molar-refractivity contribution in [2.24, 2.45) is 5.84 Å². The number of hydrogen-bond donors (Lipinski definition) is 2. The number of nitrogens with two attached hydrogens (primary N) is 1. The number of nitrogens with zero attached hydrogens (tertiary/aromatic N) is 2. The fourth-order valence-corrected chi connectivity index (χ4v) is 1.90. The summed E-state index contributed by atoms with van der Waals surface area (Å²) in [6.45, 7) is 4.01. The number of nitrogens with one attached hydrogen (secondary N) is 1. The number of rotatable bonds is 5. The van der Waals surface area contributed by atoms with Crippen molar-refractivity contribution in [3.8, 4) is 5.88 Å². The third kappa shape index (κ3) is 3.00. The van der Waals surface area contributed by atoms with Gasteiger partial charge in [0.05, 0.1) is 5.56 Å². The molecule has 0 fully saturated rings. The van der Waals surface area contributed by atoms with E-state index in [1.54, 1.807) is 0 Å². The Morgan fingerprint density at radius 2 is 2.00 bits per heavy atom. The van der Waals surface area contributed by atoms with Gasteiger partial charge >= 0.3 is 0 Å². The van der Waals surface area contributed by atoms with Crippen LogP contribution in [-0.2, 0) is 6.42 Å². The summed E-state index contributed by atoms with van der Waals surface area (Å²) < 4.78 is 5.92. The van der Waals surface area contributed by atoms with Crippen molar-refractivity contribution >= 4 is 5.82 Å². The predicted molar refractivity (Wildman–Crippen MR) is 74.7 cm³/mol. The summed E-state index contributed by atoms with van der Waals surface area (Å²) in [4.78, 5) is 8.28. The van der Waals surface area contributed by atoms with Crippen molar-refractivity contribution in [1.29, 1.82) is 0 Å². The van der Waals surface area contributed by atoms with E-state index < -0.39 is 0 Å². The van der Waals surface area contributed by atoms with E-state index >= 15 is 0 Å². The molecule has 0 aliphatic carbocycles. The van der Waals surface area contributed by atoms with Gasteiger partial charge in [0, 0.05) is 0 Å². The van der Waals surface area contributed by atoms with Crippen molar-refractivity contribution in [1.82, 2.24) is 9.97 Å². The Morgan fingerprint density at radius 1 is 1.26 bits per heavy atom. The number of hydrazine groups is 1. The second kappa shape index (κ2) is 6.15. The first kappa shape index (κ1) is 13.3. The quantitative estimate of drug-likeness (QED) is 0.636. The molecule has 100 valence electrons. The van der Waals surface area contributed by atoms with E-state index in [1.165, 1.54) is 6.33 Å². The zero-order valence-electron chi connectivity index (χ0n) is 11.1. The van der Waals surface area contributed by atoms with Crippen LogP contribution < -0.4 is 16.0 Å². The Hall–Kier alpha value is -2.14. The normalized spacial score (nSPS) is 11.9. The topological polar surface area (TPSA) is 73.1 Å². The number of aromatic nitrogens is 2. The lowest BCUT2D eigenvalue weighted by molar-refractivity contribution is 0.215. The molecule has 19 heavy (non-hydrogen) atoms. The van der Waals surface area contributed by atoms with Gasteiger partial charge in [-0.15, -0.1) is 0 Å². The molecule has 2 rings (SSSR count). The van der Waals surface area contributed by atoms with E-state index in [1.807, 2.05) is 44.2 Å². The molecule has 0 radical (unpaired) electrons. The third-order valence-corrected chi connectivity index (χ3v) is 2.95. The molecule has 0 saturated heterocycles. The van der Waals surface area contributed by atoms with Crippen molar-refractivity contribution in [2.45, 2.75) is 26.4 Å². The maximum Gasteiger partial charge on any atom is 0.222 e. The molecule has 5 heteroatoms. The minimum Gasteiger partial charge on any atom is -0.469 e. The van der Waals surface area contributed by atoms with Crippen LogP contribution in [0.4, 0.5) is 5.82 Å². The highest BCUT2D eigenvalue weighted by Gasteiger charge is 2.14. The summed E-state index contributed by atoms with van der Waals surface area (Å²) in [6.07, 6.45) is 2.12. The predicted octanol–water partition coefficient (Wildman–Crippen LogP) is 2.46. The molecule has 3 N–H and O–H groups in total. The number of anilines is 1. The van der Waals surface area contributed by atoms with Crippen LogP contribution in [0.2, 0.25) is 0 Å². The van der Waals surface area contributed by atoms with E-state index in [2.05, 4.69) is 15.4 Å². The smallest absolute Gasteiger partial charge is 0.222 e. The van der Waals surface area contributed by atoms with Crippen LogP contribution in [0.25, 0.3) is 0 Å². The van der Waals surface area contributed by atoms with Gasteiger partial charge < -0.3 is 10.2 Å². The first-order valence-corrected chi connectivity index (χ1v) is 6.28. The standard InChI is InChI=1S/C14H18N4O/c1-3-12-13(18-15)16-9-17-14(12)19-10(2)11-7-5-4-6-8-11/h4-10H,3,15H2,1-2H3,(H,16,17,18). The maximum absolute atomic E-state index is 5.92. The minimum absolute atomic E-state index is 0.0768. The lowest BCUT2D eigenvalue weighted by Gasteiger charge is -2.17. The van der Waals surface area contributed by atoms with E-state index in [9.17, 15) is 0 Å². The van der Waals surface area contributed by atoms with E-state index in [-0.39, 0.29) is 6.10 Å². The average molecular weight is 258 g/mol. The van der Waals surface area contributed by atoms with Crippen LogP contribution in [0.1, 0.15) is 31.1 Å².